The molecule has 28 heavy (non-hydrogen) atoms. The van der Waals surface area contributed by atoms with Crippen LogP contribution < -0.4 is 16.1 Å². The molecule has 10 nitrogen and oxygen atoms in total. The lowest BCUT2D eigenvalue weighted by Crippen LogP contribution is -2.51. The molecule has 1 heterocycles. The zero-order valence-electron chi connectivity index (χ0n) is 16.4. The van der Waals surface area contributed by atoms with Crippen molar-refractivity contribution in [2.45, 2.75) is 57.2 Å². The third-order valence-electron chi connectivity index (χ3n) is 3.90. The van der Waals surface area contributed by atoms with Crippen molar-refractivity contribution in [3.63, 3.8) is 0 Å². The topological polar surface area (TPSA) is 141 Å². The Labute approximate surface area is 167 Å². The lowest BCUT2D eigenvalue weighted by molar-refractivity contribution is -0.124. The number of aromatic nitrogens is 2. The summed E-state index contributed by atoms with van der Waals surface area (Å²) in [6, 6.07) is 0.896. The molecule has 1 aliphatic carbocycles. The first kappa shape index (κ1) is 21.3. The van der Waals surface area contributed by atoms with Gasteiger partial charge in [-0.05, 0) is 46.1 Å². The minimum atomic E-state index is -0.821. The van der Waals surface area contributed by atoms with Crippen molar-refractivity contribution in [3.05, 3.63) is 24.3 Å². The number of rotatable bonds is 9. The van der Waals surface area contributed by atoms with Gasteiger partial charge in [0, 0.05) is 28.0 Å². The molecular formula is C18H31N7O3. The van der Waals surface area contributed by atoms with E-state index in [9.17, 15) is 9.59 Å². The van der Waals surface area contributed by atoms with E-state index in [0.717, 1.165) is 19.1 Å². The number of hydrogen-bond donors (Lipinski definition) is 4. The highest BCUT2D eigenvalue weighted by Crippen LogP contribution is 2.43. The third kappa shape index (κ3) is 6.60. The summed E-state index contributed by atoms with van der Waals surface area (Å²) in [6.07, 6.45) is 6.68. The first-order chi connectivity index (χ1) is 13.3. The maximum atomic E-state index is 12.9. The molecule has 0 radical (unpaired) electrons. The predicted molar refractivity (Wildman–Crippen MR) is 108 cm³/mol. The van der Waals surface area contributed by atoms with Gasteiger partial charge in [-0.2, -0.15) is 5.10 Å². The fourth-order valence-corrected chi connectivity index (χ4v) is 2.48. The van der Waals surface area contributed by atoms with E-state index in [2.05, 4.69) is 31.1 Å². The summed E-state index contributed by atoms with van der Waals surface area (Å²) in [7, 11) is 0. The Hall–Kier alpha value is -3.04. The van der Waals surface area contributed by atoms with Gasteiger partial charge in [-0.25, -0.2) is 14.8 Å². The maximum Gasteiger partial charge on any atom is 0.408 e. The number of amides is 2. The van der Waals surface area contributed by atoms with Gasteiger partial charge in [0.05, 0.1) is 6.21 Å². The normalized spacial score (nSPS) is 16.1. The average Bonchev–Trinajstić information content (AvgIpc) is 3.40. The van der Waals surface area contributed by atoms with Crippen LogP contribution in [0.2, 0.25) is 0 Å². The molecule has 0 bridgehead atoms. The van der Waals surface area contributed by atoms with Crippen LogP contribution in [-0.2, 0) is 15.1 Å². The van der Waals surface area contributed by atoms with Crippen molar-refractivity contribution in [2.75, 3.05) is 6.54 Å². The first-order valence-electron chi connectivity index (χ1n) is 9.10. The van der Waals surface area contributed by atoms with Crippen LogP contribution in [0.5, 0.6) is 0 Å². The second-order valence-corrected chi connectivity index (χ2v) is 7.48. The summed E-state index contributed by atoms with van der Waals surface area (Å²) in [6.45, 7) is 5.58. The first-order valence-corrected chi connectivity index (χ1v) is 9.10. The number of carbonyl (C=O) groups is 2. The smallest absolute Gasteiger partial charge is 0.408 e. The van der Waals surface area contributed by atoms with E-state index in [4.69, 9.17) is 10.1 Å². The van der Waals surface area contributed by atoms with E-state index in [1.807, 2.05) is 0 Å². The van der Waals surface area contributed by atoms with Crippen LogP contribution in [0.3, 0.4) is 0 Å². The Balaban J connectivity index is 0.00000420. The van der Waals surface area contributed by atoms with Crippen molar-refractivity contribution >= 4 is 24.4 Å². The summed E-state index contributed by atoms with van der Waals surface area (Å²) < 4.78 is 5.26. The van der Waals surface area contributed by atoms with Crippen LogP contribution in [0.4, 0.5) is 4.79 Å². The van der Waals surface area contributed by atoms with E-state index in [1.54, 1.807) is 39.2 Å². The summed E-state index contributed by atoms with van der Waals surface area (Å²) in [4.78, 5) is 33.5. The van der Waals surface area contributed by atoms with E-state index in [-0.39, 0.29) is 15.2 Å². The van der Waals surface area contributed by atoms with Gasteiger partial charge >= 0.3 is 6.09 Å². The molecule has 0 aliphatic heterocycles. The Morgan fingerprint density at radius 2 is 2.07 bits per heavy atom. The Kier molecular flexibility index (Phi) is 7.02. The number of ether oxygens (including phenoxy) is 1. The molecule has 1 aromatic heterocycles. The fraction of sp³-hybridized carbons (Fsp3) is 0.556. The Morgan fingerprint density at radius 1 is 1.39 bits per heavy atom. The number of alkyl carbamates (subject to hydrolysis) is 1. The molecule has 1 atom stereocenters. The zero-order valence-corrected chi connectivity index (χ0v) is 16.4. The average molecular weight is 393 g/mol. The number of carbonyl (C=O) groups excluding carboxylic acids is 2. The predicted octanol–water partition coefficient (Wildman–Crippen LogP) is 1.58. The van der Waals surface area contributed by atoms with Crippen LogP contribution in [0.1, 0.15) is 48.7 Å². The monoisotopic (exact) mass is 393 g/mol. The van der Waals surface area contributed by atoms with Crippen molar-refractivity contribution < 1.29 is 17.2 Å². The number of nitrogens with zero attached hydrogens (tertiary/aromatic N) is 3. The van der Waals surface area contributed by atoms with Crippen LogP contribution in [-0.4, -0.2) is 52.6 Å². The SMILES string of the molecule is CC(C)(C)OC(=O)NC(CCN/N=C\C=N)C(=O)NC1(c2ncccn2)CC1.[HH].[HH]. The van der Waals surface area contributed by atoms with E-state index >= 15 is 0 Å². The molecule has 1 unspecified atom stereocenters. The minimum absolute atomic E-state index is 0. The molecule has 0 aromatic carbocycles. The molecule has 1 aliphatic rings. The second kappa shape index (κ2) is 9.25. The second-order valence-electron chi connectivity index (χ2n) is 7.48. The largest absolute Gasteiger partial charge is 0.444 e. The van der Waals surface area contributed by atoms with Gasteiger partial charge in [0.2, 0.25) is 5.91 Å². The molecule has 1 fully saturated rings. The lowest BCUT2D eigenvalue weighted by atomic mass is 10.1. The van der Waals surface area contributed by atoms with Crippen LogP contribution >= 0.6 is 0 Å². The van der Waals surface area contributed by atoms with Crippen LogP contribution in [0.25, 0.3) is 0 Å². The summed E-state index contributed by atoms with van der Waals surface area (Å²) in [5.74, 6) is 0.224. The molecule has 4 N–H and O–H groups in total. The fourth-order valence-electron chi connectivity index (χ4n) is 2.48. The van der Waals surface area contributed by atoms with Crippen molar-refractivity contribution in [2.24, 2.45) is 5.10 Å². The molecule has 10 heteroatoms. The summed E-state index contributed by atoms with van der Waals surface area (Å²) in [5.41, 5.74) is 1.47. The van der Waals surface area contributed by atoms with Gasteiger partial charge in [-0.15, -0.1) is 0 Å². The quantitative estimate of drug-likeness (QED) is 0.285. The standard InChI is InChI=1S/C18H27N7O3.2H2/c1-17(2,3)28-16(27)24-13(5-11-22-23-12-8-19)14(26)25-18(6-7-18)15-20-9-4-10-21-15;;/h4,8-10,12-13,19,22H,5-7,11H2,1-3H3,(H,24,27)(H,25,26);2*1H/b19-8?,23-12-;;. The molecule has 0 spiro atoms. The van der Waals surface area contributed by atoms with Crippen molar-refractivity contribution in [1.29, 1.82) is 5.41 Å². The summed E-state index contributed by atoms with van der Waals surface area (Å²) in [5, 5.41) is 16.3. The molecular weight excluding hydrogens is 362 g/mol. The third-order valence-corrected chi connectivity index (χ3v) is 3.90. The highest BCUT2D eigenvalue weighted by atomic mass is 16.6. The van der Waals surface area contributed by atoms with E-state index in [0.29, 0.717) is 12.4 Å². The van der Waals surface area contributed by atoms with Crippen LogP contribution in [0, 0.1) is 5.41 Å². The molecule has 1 saturated carbocycles. The highest BCUT2D eigenvalue weighted by Gasteiger charge is 2.49. The summed E-state index contributed by atoms with van der Waals surface area (Å²) >= 11 is 0. The number of nitrogens with one attached hydrogen (secondary N) is 4. The van der Waals surface area contributed by atoms with E-state index in [1.165, 1.54) is 6.21 Å². The van der Waals surface area contributed by atoms with Gasteiger partial charge in [-0.1, -0.05) is 0 Å². The number of hydrazone groups is 1. The van der Waals surface area contributed by atoms with Gasteiger partial charge in [0.15, 0.2) is 5.82 Å². The molecule has 0 saturated heterocycles. The molecule has 2 amide bonds. The van der Waals surface area contributed by atoms with Gasteiger partial charge in [-0.3, -0.25) is 4.79 Å². The molecule has 2 rings (SSSR count). The van der Waals surface area contributed by atoms with Crippen molar-refractivity contribution in [3.8, 4) is 0 Å². The van der Waals surface area contributed by atoms with Gasteiger partial charge in [0.25, 0.3) is 0 Å². The Morgan fingerprint density at radius 3 is 2.64 bits per heavy atom. The number of hydrogen-bond acceptors (Lipinski definition) is 8. The van der Waals surface area contributed by atoms with Gasteiger partial charge < -0.3 is 26.2 Å². The van der Waals surface area contributed by atoms with Gasteiger partial charge in [0.1, 0.15) is 17.2 Å². The van der Waals surface area contributed by atoms with Crippen LogP contribution in [0.15, 0.2) is 23.6 Å². The Bertz CT molecular complexity index is 722. The molecule has 156 valence electrons. The lowest BCUT2D eigenvalue weighted by Gasteiger charge is -2.25. The maximum absolute atomic E-state index is 12.9. The molecule has 1 aromatic rings. The zero-order chi connectivity index (χ0) is 20.6. The highest BCUT2D eigenvalue weighted by molar-refractivity contribution is 6.14. The minimum Gasteiger partial charge on any atom is -0.444 e. The van der Waals surface area contributed by atoms with E-state index < -0.39 is 23.3 Å². The van der Waals surface area contributed by atoms with Crippen molar-refractivity contribution in [1.82, 2.24) is 26.0 Å².